The molecule has 0 aromatic heterocycles. The van der Waals surface area contributed by atoms with Gasteiger partial charge in [0.25, 0.3) is 5.91 Å². The maximum Gasteiger partial charge on any atom is 0.326 e. The van der Waals surface area contributed by atoms with Gasteiger partial charge in [0.05, 0.1) is 0 Å². The molecule has 1 saturated carbocycles. The van der Waals surface area contributed by atoms with Crippen LogP contribution < -0.4 is 10.6 Å². The fraction of sp³-hybridized carbons (Fsp3) is 0.500. The standard InChI is InChI=1S/C30H40N2O4S/c1-21-10-8-9-13-24(21)26-20-22(15-17-28(33)31-23-11-6-4-3-5-7-12-23)14-16-25(26)29(34)32-27(30(35)36)18-19-37-2/h8-10,13-14,16,20,23,27H,3-7,11-12,15,17-19H2,1-2H3,(H,31,33)(H,32,34)(H,35,36). The predicted molar refractivity (Wildman–Crippen MR) is 151 cm³/mol. The minimum Gasteiger partial charge on any atom is -0.480 e. The van der Waals surface area contributed by atoms with Crippen LogP contribution in [0.1, 0.15) is 79.3 Å². The first-order chi connectivity index (χ1) is 17.9. The summed E-state index contributed by atoms with van der Waals surface area (Å²) in [6.07, 6.45) is 11.5. The van der Waals surface area contributed by atoms with Crippen molar-refractivity contribution in [3.63, 3.8) is 0 Å². The van der Waals surface area contributed by atoms with Crippen LogP contribution in [0.25, 0.3) is 11.1 Å². The highest BCUT2D eigenvalue weighted by Crippen LogP contribution is 2.29. The number of hydrogen-bond donors (Lipinski definition) is 3. The fourth-order valence-corrected chi connectivity index (χ4v) is 5.40. The van der Waals surface area contributed by atoms with E-state index in [0.29, 0.717) is 30.6 Å². The van der Waals surface area contributed by atoms with E-state index in [0.717, 1.165) is 35.1 Å². The van der Waals surface area contributed by atoms with Crippen molar-refractivity contribution >= 4 is 29.5 Å². The topological polar surface area (TPSA) is 95.5 Å². The zero-order chi connectivity index (χ0) is 26.6. The molecule has 200 valence electrons. The number of nitrogens with one attached hydrogen (secondary N) is 2. The Kier molecular flexibility index (Phi) is 11.5. The minimum absolute atomic E-state index is 0.0722. The molecule has 3 N–H and O–H groups in total. The van der Waals surface area contributed by atoms with Crippen molar-refractivity contribution in [3.8, 4) is 11.1 Å². The van der Waals surface area contributed by atoms with Crippen LogP contribution in [0.15, 0.2) is 42.5 Å². The predicted octanol–water partition coefficient (Wildman–Crippen LogP) is 5.76. The Morgan fingerprint density at radius 2 is 1.70 bits per heavy atom. The van der Waals surface area contributed by atoms with Crippen molar-refractivity contribution in [3.05, 3.63) is 59.2 Å². The van der Waals surface area contributed by atoms with Crippen LogP contribution >= 0.6 is 11.8 Å². The molecule has 1 aliphatic carbocycles. The molecule has 2 aromatic rings. The number of aryl methyl sites for hydroxylation is 2. The monoisotopic (exact) mass is 524 g/mol. The van der Waals surface area contributed by atoms with Gasteiger partial charge in [-0.3, -0.25) is 9.59 Å². The second kappa shape index (κ2) is 14.8. The Bertz CT molecular complexity index is 1060. The highest BCUT2D eigenvalue weighted by Gasteiger charge is 2.23. The number of carbonyl (C=O) groups excluding carboxylic acids is 2. The van der Waals surface area contributed by atoms with E-state index in [-0.39, 0.29) is 11.9 Å². The van der Waals surface area contributed by atoms with Gasteiger partial charge in [0.1, 0.15) is 6.04 Å². The van der Waals surface area contributed by atoms with Crippen LogP contribution in [-0.2, 0) is 16.0 Å². The molecule has 37 heavy (non-hydrogen) atoms. The average molecular weight is 525 g/mol. The van der Waals surface area contributed by atoms with E-state index in [1.54, 1.807) is 17.8 Å². The number of aliphatic carboxylic acids is 1. The minimum atomic E-state index is -1.04. The van der Waals surface area contributed by atoms with Gasteiger partial charge in [-0.2, -0.15) is 11.8 Å². The van der Waals surface area contributed by atoms with Gasteiger partial charge >= 0.3 is 5.97 Å². The van der Waals surface area contributed by atoms with Crippen molar-refractivity contribution in [1.29, 1.82) is 0 Å². The van der Waals surface area contributed by atoms with E-state index in [4.69, 9.17) is 0 Å². The molecule has 1 atom stereocenters. The Morgan fingerprint density at radius 1 is 1.00 bits per heavy atom. The van der Waals surface area contributed by atoms with Crippen molar-refractivity contribution in [2.75, 3.05) is 12.0 Å². The van der Waals surface area contributed by atoms with E-state index in [1.807, 2.05) is 49.6 Å². The van der Waals surface area contributed by atoms with Gasteiger partial charge < -0.3 is 15.7 Å². The lowest BCUT2D eigenvalue weighted by Crippen LogP contribution is -2.41. The van der Waals surface area contributed by atoms with Crippen LogP contribution in [0.5, 0.6) is 0 Å². The lowest BCUT2D eigenvalue weighted by atomic mass is 9.92. The summed E-state index contributed by atoms with van der Waals surface area (Å²) < 4.78 is 0. The molecule has 7 heteroatoms. The van der Waals surface area contributed by atoms with E-state index in [2.05, 4.69) is 10.6 Å². The first-order valence-electron chi connectivity index (χ1n) is 13.4. The van der Waals surface area contributed by atoms with Crippen molar-refractivity contribution in [2.45, 2.75) is 83.2 Å². The van der Waals surface area contributed by atoms with Crippen LogP contribution in [0.3, 0.4) is 0 Å². The van der Waals surface area contributed by atoms with Crippen molar-refractivity contribution < 1.29 is 19.5 Å². The van der Waals surface area contributed by atoms with Gasteiger partial charge in [-0.1, -0.05) is 68.5 Å². The average Bonchev–Trinajstić information content (AvgIpc) is 2.86. The molecule has 6 nitrogen and oxygen atoms in total. The largest absolute Gasteiger partial charge is 0.480 e. The zero-order valence-electron chi connectivity index (χ0n) is 22.1. The number of carbonyl (C=O) groups is 3. The summed E-state index contributed by atoms with van der Waals surface area (Å²) in [7, 11) is 0. The molecule has 1 aliphatic rings. The number of rotatable bonds is 11. The zero-order valence-corrected chi connectivity index (χ0v) is 22.9. The first kappa shape index (κ1) is 28.8. The second-order valence-electron chi connectivity index (χ2n) is 9.95. The van der Waals surface area contributed by atoms with Crippen LogP contribution in [-0.4, -0.2) is 47.0 Å². The highest BCUT2D eigenvalue weighted by atomic mass is 32.2. The third-order valence-corrected chi connectivity index (χ3v) is 7.73. The number of thioether (sulfide) groups is 1. The molecule has 2 amide bonds. The maximum atomic E-state index is 13.2. The van der Waals surface area contributed by atoms with Crippen molar-refractivity contribution in [1.82, 2.24) is 10.6 Å². The third kappa shape index (κ3) is 8.92. The molecule has 0 saturated heterocycles. The van der Waals surface area contributed by atoms with Gasteiger partial charge in [0, 0.05) is 18.0 Å². The van der Waals surface area contributed by atoms with E-state index >= 15 is 0 Å². The first-order valence-corrected chi connectivity index (χ1v) is 14.8. The van der Waals surface area contributed by atoms with Gasteiger partial charge in [0.2, 0.25) is 5.91 Å². The van der Waals surface area contributed by atoms with E-state index in [1.165, 1.54) is 32.1 Å². The summed E-state index contributed by atoms with van der Waals surface area (Å²) in [5, 5.41) is 15.5. The fourth-order valence-electron chi connectivity index (χ4n) is 4.93. The van der Waals surface area contributed by atoms with E-state index in [9.17, 15) is 19.5 Å². The Morgan fingerprint density at radius 3 is 2.38 bits per heavy atom. The van der Waals surface area contributed by atoms with Crippen LogP contribution in [0.2, 0.25) is 0 Å². The van der Waals surface area contributed by atoms with Gasteiger partial charge in [-0.15, -0.1) is 0 Å². The molecule has 2 aromatic carbocycles. The summed E-state index contributed by atoms with van der Waals surface area (Å²) in [4.78, 5) is 37.6. The van der Waals surface area contributed by atoms with Gasteiger partial charge in [-0.25, -0.2) is 4.79 Å². The Labute approximate surface area is 225 Å². The summed E-state index contributed by atoms with van der Waals surface area (Å²) >= 11 is 1.55. The summed E-state index contributed by atoms with van der Waals surface area (Å²) in [5.74, 6) is -0.723. The lowest BCUT2D eigenvalue weighted by molar-refractivity contribution is -0.139. The van der Waals surface area contributed by atoms with Crippen LogP contribution in [0, 0.1) is 6.92 Å². The SMILES string of the molecule is CSCCC(NC(=O)c1ccc(CCC(=O)NC2CCCCCCC2)cc1-c1ccccc1C)C(=O)O. The summed E-state index contributed by atoms with van der Waals surface area (Å²) in [5.41, 5.74) is 4.10. The number of carboxylic acids is 1. The number of carboxylic acid groups (broad SMARTS) is 1. The van der Waals surface area contributed by atoms with E-state index < -0.39 is 17.9 Å². The Balaban J connectivity index is 1.76. The molecular formula is C30H40N2O4S. The van der Waals surface area contributed by atoms with Gasteiger partial charge in [-0.05, 0) is 72.9 Å². The van der Waals surface area contributed by atoms with Crippen molar-refractivity contribution in [2.24, 2.45) is 0 Å². The quantitative estimate of drug-likeness (QED) is 0.347. The molecular weight excluding hydrogens is 484 g/mol. The summed E-state index contributed by atoms with van der Waals surface area (Å²) in [6.45, 7) is 1.99. The van der Waals surface area contributed by atoms with Crippen LogP contribution in [0.4, 0.5) is 0 Å². The molecule has 1 fully saturated rings. The molecule has 1 unspecified atom stereocenters. The molecule has 3 rings (SSSR count). The number of amides is 2. The third-order valence-electron chi connectivity index (χ3n) is 7.09. The number of benzene rings is 2. The van der Waals surface area contributed by atoms with Gasteiger partial charge in [0.15, 0.2) is 0 Å². The normalized spacial score (nSPS) is 15.3. The molecule has 0 bridgehead atoms. The highest BCUT2D eigenvalue weighted by molar-refractivity contribution is 7.98. The maximum absolute atomic E-state index is 13.2. The smallest absolute Gasteiger partial charge is 0.326 e. The molecule has 0 aliphatic heterocycles. The molecule has 0 spiro atoms. The molecule has 0 heterocycles. The molecule has 0 radical (unpaired) electrons. The lowest BCUT2D eigenvalue weighted by Gasteiger charge is -2.21. The summed E-state index contributed by atoms with van der Waals surface area (Å²) in [6, 6.07) is 12.8. The number of hydrogen-bond acceptors (Lipinski definition) is 4. The Hall–Kier alpha value is -2.80. The second-order valence-corrected chi connectivity index (χ2v) is 10.9.